The van der Waals surface area contributed by atoms with Crippen molar-refractivity contribution in [2.45, 2.75) is 33.6 Å². The van der Waals surface area contributed by atoms with Gasteiger partial charge in [-0.2, -0.15) is 8.42 Å². The van der Waals surface area contributed by atoms with Crippen LogP contribution in [0.3, 0.4) is 0 Å². The lowest BCUT2D eigenvalue weighted by molar-refractivity contribution is 0.412. The lowest BCUT2D eigenvalue weighted by Gasteiger charge is -1.91. The smallest absolute Gasteiger partial charge is 0.197 e. The largest absolute Gasteiger partial charge is 0.294 e. The lowest BCUT2D eigenvalue weighted by Crippen LogP contribution is -2.01. The summed E-state index contributed by atoms with van der Waals surface area (Å²) in [5, 5.41) is 0. The van der Waals surface area contributed by atoms with Crippen molar-refractivity contribution in [3.05, 3.63) is 0 Å². The molecule has 0 saturated carbocycles. The van der Waals surface area contributed by atoms with Gasteiger partial charge in [0.05, 0.1) is 5.75 Å². The molecule has 10 heavy (non-hydrogen) atoms. The van der Waals surface area contributed by atoms with Crippen molar-refractivity contribution < 1.29 is 13.0 Å². The molecule has 0 atom stereocenters. The molecule has 0 heterocycles. The first-order chi connectivity index (χ1) is 4.06. The maximum absolute atomic E-state index is 9.95. The Morgan fingerprint density at radius 3 is 2.00 bits per heavy atom. The van der Waals surface area contributed by atoms with Gasteiger partial charge in [0.25, 0.3) is 10.1 Å². The summed E-state index contributed by atoms with van der Waals surface area (Å²) >= 11 is 0. The fourth-order valence-corrected chi connectivity index (χ4v) is 1.09. The third-order valence-corrected chi connectivity index (χ3v) is 1.79. The Morgan fingerprint density at radius 2 is 1.70 bits per heavy atom. The van der Waals surface area contributed by atoms with E-state index in [4.69, 9.17) is 0 Å². The van der Waals surface area contributed by atoms with Crippen molar-refractivity contribution in [3.63, 3.8) is 0 Å². The van der Waals surface area contributed by atoms with E-state index in [1.165, 1.54) is 0 Å². The van der Waals surface area contributed by atoms with E-state index >= 15 is 0 Å². The summed E-state index contributed by atoms with van der Waals surface area (Å²) in [6.45, 7) is 1.96. The maximum atomic E-state index is 9.95. The van der Waals surface area contributed by atoms with Crippen molar-refractivity contribution >= 4 is 10.1 Å². The van der Waals surface area contributed by atoms with E-state index in [9.17, 15) is 13.0 Å². The van der Waals surface area contributed by atoms with E-state index in [1.54, 1.807) is 0 Å². The summed E-state index contributed by atoms with van der Waals surface area (Å²) < 4.78 is 29.9. The van der Waals surface area contributed by atoms with Crippen LogP contribution in [0.2, 0.25) is 0 Å². The van der Waals surface area contributed by atoms with Crippen LogP contribution in [0.1, 0.15) is 33.6 Å². The highest BCUT2D eigenvalue weighted by Gasteiger charge is 2.03. The van der Waals surface area contributed by atoms with Crippen LogP contribution in [0.4, 0.5) is 0 Å². The monoisotopic (exact) mass is 167 g/mol. The van der Waals surface area contributed by atoms with Gasteiger partial charge in [-0.3, -0.25) is 0 Å². The van der Waals surface area contributed by atoms with Crippen molar-refractivity contribution in [1.29, 1.82) is 0 Å². The zero-order valence-corrected chi connectivity index (χ0v) is 6.28. The van der Waals surface area contributed by atoms with Crippen molar-refractivity contribution in [3.8, 4) is 0 Å². The molecule has 0 fully saturated rings. The Balaban J connectivity index is 0. The molecular weight excluding hydrogens is 152 g/mol. The molecule has 0 N–H and O–H groups in total. The molecule has 0 unspecified atom stereocenters. The standard InChI is InChI=1S/C5H11O3S.CH4/c1-2-3-4-5-9(6,7)8;/h2-5H2,1H3;1H4. The van der Waals surface area contributed by atoms with Crippen LogP contribution < -0.4 is 0 Å². The van der Waals surface area contributed by atoms with Crippen LogP contribution in [0, 0.1) is 0 Å². The predicted molar refractivity (Wildman–Crippen MR) is 40.7 cm³/mol. The van der Waals surface area contributed by atoms with E-state index < -0.39 is 10.1 Å². The molecule has 0 aliphatic carbocycles. The lowest BCUT2D eigenvalue weighted by atomic mass is 10.3. The summed E-state index contributed by atoms with van der Waals surface area (Å²) in [5.74, 6) is -0.208. The second-order valence-corrected chi connectivity index (χ2v) is 3.49. The van der Waals surface area contributed by atoms with E-state index in [-0.39, 0.29) is 13.2 Å². The van der Waals surface area contributed by atoms with E-state index in [2.05, 4.69) is 0 Å². The van der Waals surface area contributed by atoms with Gasteiger partial charge in [-0.15, -0.1) is 0 Å². The van der Waals surface area contributed by atoms with Gasteiger partial charge in [0.15, 0.2) is 0 Å². The fraction of sp³-hybridized carbons (Fsp3) is 1.00. The molecule has 0 rings (SSSR count). The maximum Gasteiger partial charge on any atom is 0.294 e. The summed E-state index contributed by atoms with van der Waals surface area (Å²) in [6, 6.07) is 0. The highest BCUT2D eigenvalue weighted by atomic mass is 32.2. The minimum absolute atomic E-state index is 0. The van der Waals surface area contributed by atoms with Gasteiger partial charge >= 0.3 is 0 Å². The molecular formula is C6H15O3S. The van der Waals surface area contributed by atoms with Crippen LogP contribution >= 0.6 is 0 Å². The Kier molecular flexibility index (Phi) is 7.14. The topological polar surface area (TPSA) is 54.0 Å². The quantitative estimate of drug-likeness (QED) is 0.597. The SMILES string of the molecule is C.CCCCCS([O])(=O)=O. The molecule has 0 aliphatic rings. The van der Waals surface area contributed by atoms with Gasteiger partial charge in [0.2, 0.25) is 0 Å². The normalized spacial score (nSPS) is 10.6. The molecule has 4 heteroatoms. The van der Waals surface area contributed by atoms with Crippen LogP contribution in [0.15, 0.2) is 0 Å². The average Bonchev–Trinajstić information content (AvgIpc) is 1.63. The van der Waals surface area contributed by atoms with Crippen molar-refractivity contribution in [1.82, 2.24) is 0 Å². The molecule has 0 bridgehead atoms. The van der Waals surface area contributed by atoms with Crippen LogP contribution in [0.5, 0.6) is 0 Å². The first-order valence-electron chi connectivity index (χ1n) is 3.00. The Hall–Kier alpha value is -0.0900. The first kappa shape index (κ1) is 12.6. The second-order valence-electron chi connectivity index (χ2n) is 1.97. The Labute approximate surface area is 63.2 Å². The number of rotatable bonds is 4. The third-order valence-electron chi connectivity index (χ3n) is 0.998. The van der Waals surface area contributed by atoms with Gasteiger partial charge in [0.1, 0.15) is 0 Å². The molecule has 0 saturated heterocycles. The molecule has 0 spiro atoms. The van der Waals surface area contributed by atoms with Gasteiger partial charge in [-0.1, -0.05) is 31.7 Å². The highest BCUT2D eigenvalue weighted by Crippen LogP contribution is 1.96. The van der Waals surface area contributed by atoms with Crippen LogP contribution in [0.25, 0.3) is 0 Å². The van der Waals surface area contributed by atoms with Crippen LogP contribution in [-0.2, 0) is 14.7 Å². The average molecular weight is 167 g/mol. The molecule has 3 nitrogen and oxygen atoms in total. The Morgan fingerprint density at radius 1 is 1.20 bits per heavy atom. The first-order valence-corrected chi connectivity index (χ1v) is 4.57. The van der Waals surface area contributed by atoms with E-state index in [0.29, 0.717) is 6.42 Å². The molecule has 0 aromatic rings. The summed E-state index contributed by atoms with van der Waals surface area (Å²) in [7, 11) is -3.95. The molecule has 0 amide bonds. The number of unbranched alkanes of at least 4 members (excludes halogenated alkanes) is 2. The van der Waals surface area contributed by atoms with Crippen molar-refractivity contribution in [2.24, 2.45) is 0 Å². The zero-order valence-electron chi connectivity index (χ0n) is 5.46. The van der Waals surface area contributed by atoms with E-state index in [0.717, 1.165) is 12.8 Å². The number of hydrogen-bond acceptors (Lipinski definition) is 2. The van der Waals surface area contributed by atoms with E-state index in [1.807, 2.05) is 6.92 Å². The minimum Gasteiger partial charge on any atom is -0.197 e. The van der Waals surface area contributed by atoms with Gasteiger partial charge in [-0.05, 0) is 6.42 Å². The second kappa shape index (κ2) is 5.68. The van der Waals surface area contributed by atoms with Crippen molar-refractivity contribution in [2.75, 3.05) is 5.75 Å². The Bertz CT molecular complexity index is 148. The molecule has 0 aliphatic heterocycles. The fourth-order valence-electron chi connectivity index (χ4n) is 0.529. The number of hydrogen-bond donors (Lipinski definition) is 0. The van der Waals surface area contributed by atoms with Crippen LogP contribution in [-0.4, -0.2) is 14.2 Å². The zero-order chi connectivity index (χ0) is 7.33. The minimum atomic E-state index is -3.95. The van der Waals surface area contributed by atoms with Gasteiger partial charge in [0, 0.05) is 0 Å². The summed E-state index contributed by atoms with van der Waals surface area (Å²) in [4.78, 5) is 0. The summed E-state index contributed by atoms with van der Waals surface area (Å²) in [6.07, 6.45) is 2.26. The molecule has 1 radical (unpaired) electrons. The molecule has 0 aromatic heterocycles. The molecule has 63 valence electrons. The summed E-state index contributed by atoms with van der Waals surface area (Å²) in [5.41, 5.74) is 0. The predicted octanol–water partition coefficient (Wildman–Crippen LogP) is 1.57. The van der Waals surface area contributed by atoms with Gasteiger partial charge < -0.3 is 0 Å². The highest BCUT2D eigenvalue weighted by molar-refractivity contribution is 7.85. The molecule has 0 aromatic carbocycles. The third kappa shape index (κ3) is 10.8. The van der Waals surface area contributed by atoms with Gasteiger partial charge in [-0.25, -0.2) is 0 Å².